The van der Waals surface area contributed by atoms with Gasteiger partial charge in [-0.1, -0.05) is 19.1 Å². The van der Waals surface area contributed by atoms with Crippen LogP contribution in [0.5, 0.6) is 5.75 Å². The minimum absolute atomic E-state index is 0.0459. The first-order valence-corrected chi connectivity index (χ1v) is 12.4. The summed E-state index contributed by atoms with van der Waals surface area (Å²) in [6, 6.07) is 7.65. The van der Waals surface area contributed by atoms with E-state index in [4.69, 9.17) is 4.74 Å². The van der Waals surface area contributed by atoms with Gasteiger partial charge in [0.2, 0.25) is 0 Å². The molecule has 0 fully saturated rings. The second-order valence-corrected chi connectivity index (χ2v) is 11.0. The minimum atomic E-state index is -3.82. The first kappa shape index (κ1) is 23.5. The number of fused-ring (bicyclic) bond motifs is 1. The Balaban J connectivity index is 2.09. The van der Waals surface area contributed by atoms with Gasteiger partial charge in [0.25, 0.3) is 15.9 Å². The number of thiophene rings is 1. The van der Waals surface area contributed by atoms with Crippen LogP contribution in [-0.2, 0) is 10.0 Å². The Hall–Kier alpha value is -2.14. The Kier molecular flexibility index (Phi) is 7.25. The van der Waals surface area contributed by atoms with Crippen molar-refractivity contribution >= 4 is 33.0 Å². The van der Waals surface area contributed by atoms with Gasteiger partial charge in [-0.3, -0.25) is 9.52 Å². The fourth-order valence-electron chi connectivity index (χ4n) is 3.51. The fourth-order valence-corrected chi connectivity index (χ4v) is 5.57. The zero-order valence-corrected chi connectivity index (χ0v) is 19.7. The van der Waals surface area contributed by atoms with Crippen molar-refractivity contribution in [3.63, 3.8) is 0 Å². The topological polar surface area (TPSA) is 99.2 Å². The highest BCUT2D eigenvalue weighted by Gasteiger charge is 2.34. The van der Waals surface area contributed by atoms with Crippen LogP contribution in [0.15, 0.2) is 39.9 Å². The number of rotatable bonds is 7. The van der Waals surface area contributed by atoms with Crippen LogP contribution < -0.4 is 9.46 Å². The molecule has 2 aromatic rings. The quantitative estimate of drug-likeness (QED) is 0.649. The van der Waals surface area contributed by atoms with Crippen molar-refractivity contribution in [2.45, 2.75) is 30.2 Å². The van der Waals surface area contributed by atoms with Gasteiger partial charge in [0.05, 0.1) is 23.9 Å². The number of nitrogens with one attached hydrogen (secondary N) is 1. The fraction of sp³-hybridized carbons (Fsp3) is 0.476. The molecule has 8 nitrogen and oxygen atoms in total. The predicted molar refractivity (Wildman–Crippen MR) is 121 cm³/mol. The lowest BCUT2D eigenvalue weighted by molar-refractivity contribution is 0.0366. The van der Waals surface area contributed by atoms with E-state index < -0.39 is 10.0 Å². The molecule has 1 aliphatic heterocycles. The van der Waals surface area contributed by atoms with E-state index in [1.807, 2.05) is 25.9 Å². The van der Waals surface area contributed by atoms with Crippen LogP contribution in [0, 0.1) is 5.92 Å². The van der Waals surface area contributed by atoms with Gasteiger partial charge in [0.1, 0.15) is 10.3 Å². The van der Waals surface area contributed by atoms with Crippen LogP contribution in [0.25, 0.3) is 0 Å². The van der Waals surface area contributed by atoms with Gasteiger partial charge in [0, 0.05) is 19.0 Å². The Morgan fingerprint density at radius 1 is 1.32 bits per heavy atom. The van der Waals surface area contributed by atoms with Crippen LogP contribution in [0.1, 0.15) is 24.2 Å². The molecular weight excluding hydrogens is 438 g/mol. The summed E-state index contributed by atoms with van der Waals surface area (Å²) in [7, 11) is 0.0446. The molecule has 2 N–H and O–H groups in total. The number of ether oxygens (including phenoxy) is 1. The summed E-state index contributed by atoms with van der Waals surface area (Å²) in [5, 5.41) is 11.4. The maximum atomic E-state index is 13.4. The second-order valence-electron chi connectivity index (χ2n) is 8.10. The molecule has 170 valence electrons. The van der Waals surface area contributed by atoms with Gasteiger partial charge >= 0.3 is 0 Å². The van der Waals surface area contributed by atoms with Gasteiger partial charge in [-0.05, 0) is 44.6 Å². The lowest BCUT2D eigenvalue weighted by atomic mass is 9.99. The number of aliphatic hydroxyl groups excluding tert-OH is 1. The Labute approximate surface area is 187 Å². The second kappa shape index (κ2) is 9.56. The molecule has 0 unspecified atom stereocenters. The third kappa shape index (κ3) is 5.20. The number of hydrogen-bond acceptors (Lipinski definition) is 7. The molecule has 2 heterocycles. The molecule has 1 amide bonds. The largest absolute Gasteiger partial charge is 0.486 e. The van der Waals surface area contributed by atoms with Gasteiger partial charge in [0.15, 0.2) is 5.75 Å². The maximum absolute atomic E-state index is 13.4. The number of benzene rings is 1. The number of likely N-dealkylation sites (N-methyl/N-ethyl adjacent to an activating group) is 1. The van der Waals surface area contributed by atoms with Crippen LogP contribution in [0.3, 0.4) is 0 Å². The molecule has 1 aromatic heterocycles. The third-order valence-corrected chi connectivity index (χ3v) is 8.00. The molecule has 10 heteroatoms. The molecule has 0 radical (unpaired) electrons. The lowest BCUT2D eigenvalue weighted by Crippen LogP contribution is -2.49. The molecule has 3 rings (SSSR count). The van der Waals surface area contributed by atoms with Crippen molar-refractivity contribution < 1.29 is 23.1 Å². The molecule has 0 saturated carbocycles. The molecule has 1 aromatic carbocycles. The summed E-state index contributed by atoms with van der Waals surface area (Å²) in [5.74, 6) is -0.138. The summed E-state index contributed by atoms with van der Waals surface area (Å²) in [5.41, 5.74) is 0.482. The normalized spacial score (nSPS) is 20.6. The molecule has 0 spiro atoms. The van der Waals surface area contributed by atoms with Gasteiger partial charge in [-0.15, -0.1) is 11.3 Å². The summed E-state index contributed by atoms with van der Waals surface area (Å²) >= 11 is 1.11. The highest BCUT2D eigenvalue weighted by Crippen LogP contribution is 2.36. The Bertz CT molecular complexity index is 1010. The molecular formula is C21H29N3O5S2. The molecule has 0 bridgehead atoms. The first-order chi connectivity index (χ1) is 14.6. The number of amides is 1. The van der Waals surface area contributed by atoms with Crippen LogP contribution >= 0.6 is 11.3 Å². The van der Waals surface area contributed by atoms with Crippen molar-refractivity contribution in [3.8, 4) is 5.75 Å². The van der Waals surface area contributed by atoms with Crippen molar-refractivity contribution in [2.75, 3.05) is 38.5 Å². The Morgan fingerprint density at radius 3 is 2.68 bits per heavy atom. The van der Waals surface area contributed by atoms with E-state index in [-0.39, 0.29) is 51.8 Å². The SMILES string of the molecule is C[C@H]1CN([C@@H](C)CO)C(=O)c2cccc(NS(=O)(=O)c3cccs3)c2O[C@H]1CN(C)C. The zero-order chi connectivity index (χ0) is 22.8. The van der Waals surface area contributed by atoms with Gasteiger partial charge in [-0.25, -0.2) is 8.42 Å². The number of para-hydroxylation sites is 1. The summed E-state index contributed by atoms with van der Waals surface area (Å²) in [6.07, 6.45) is -0.289. The molecule has 0 saturated heterocycles. The summed E-state index contributed by atoms with van der Waals surface area (Å²) in [4.78, 5) is 17.0. The summed E-state index contributed by atoms with van der Waals surface area (Å²) < 4.78 is 34.7. The van der Waals surface area contributed by atoms with Gasteiger partial charge in [-0.2, -0.15) is 0 Å². The number of aliphatic hydroxyl groups is 1. The number of nitrogens with zero attached hydrogens (tertiary/aromatic N) is 2. The van der Waals surface area contributed by atoms with E-state index in [9.17, 15) is 18.3 Å². The smallest absolute Gasteiger partial charge is 0.271 e. The average molecular weight is 468 g/mol. The Morgan fingerprint density at radius 2 is 2.06 bits per heavy atom. The lowest BCUT2D eigenvalue weighted by Gasteiger charge is -2.38. The monoisotopic (exact) mass is 467 g/mol. The third-order valence-electron chi connectivity index (χ3n) is 5.24. The molecule has 3 atom stereocenters. The van der Waals surface area contributed by atoms with Crippen molar-refractivity contribution in [2.24, 2.45) is 5.92 Å². The zero-order valence-electron chi connectivity index (χ0n) is 18.1. The molecule has 0 aliphatic carbocycles. The average Bonchev–Trinajstić information content (AvgIpc) is 3.26. The van der Waals surface area contributed by atoms with E-state index in [1.165, 1.54) is 6.07 Å². The molecule has 1 aliphatic rings. The van der Waals surface area contributed by atoms with Gasteiger partial charge < -0.3 is 19.6 Å². The number of carbonyl (C=O) groups excluding carboxylic acids is 1. The van der Waals surface area contributed by atoms with E-state index >= 15 is 0 Å². The number of carbonyl (C=O) groups is 1. The highest BCUT2D eigenvalue weighted by atomic mass is 32.2. The van der Waals surface area contributed by atoms with Crippen molar-refractivity contribution in [1.82, 2.24) is 9.80 Å². The van der Waals surface area contributed by atoms with Crippen molar-refractivity contribution in [1.29, 1.82) is 0 Å². The summed E-state index contributed by atoms with van der Waals surface area (Å²) in [6.45, 7) is 4.61. The van der Waals surface area contributed by atoms with Crippen LogP contribution in [0.4, 0.5) is 5.69 Å². The van der Waals surface area contributed by atoms with Crippen molar-refractivity contribution in [3.05, 3.63) is 41.3 Å². The number of sulfonamides is 1. The number of hydrogen-bond donors (Lipinski definition) is 2. The van der Waals surface area contributed by atoms with E-state index in [0.29, 0.717) is 13.1 Å². The van der Waals surface area contributed by atoms with Crippen LogP contribution in [-0.4, -0.2) is 75.2 Å². The minimum Gasteiger partial charge on any atom is -0.486 e. The predicted octanol–water partition coefficient (Wildman–Crippen LogP) is 2.33. The highest BCUT2D eigenvalue weighted by molar-refractivity contribution is 7.94. The molecule has 31 heavy (non-hydrogen) atoms. The van der Waals surface area contributed by atoms with Crippen LogP contribution in [0.2, 0.25) is 0 Å². The first-order valence-electron chi connectivity index (χ1n) is 10.1. The van der Waals surface area contributed by atoms with E-state index in [2.05, 4.69) is 4.72 Å². The maximum Gasteiger partial charge on any atom is 0.271 e. The van der Waals surface area contributed by atoms with E-state index in [1.54, 1.807) is 41.5 Å². The standard InChI is InChI=1S/C21H29N3O5S2/c1-14-11-24(15(2)13-25)21(26)16-7-5-8-17(20(16)29-18(14)12-23(3)4)22-31(27,28)19-9-6-10-30-19/h5-10,14-15,18,22,25H,11-13H2,1-4H3/t14-,15-,18-/m0/s1. The van der Waals surface area contributed by atoms with E-state index in [0.717, 1.165) is 11.3 Å². The number of anilines is 1.